The number of methoxy groups -OCH3 is 1. The van der Waals surface area contributed by atoms with Gasteiger partial charge < -0.3 is 10.1 Å². The molecule has 3 aromatic heterocycles. The largest absolute Gasteiger partial charge is 0.465 e. The summed E-state index contributed by atoms with van der Waals surface area (Å²) in [5.74, 6) is -0.693. The zero-order valence-electron chi connectivity index (χ0n) is 19.3. The van der Waals surface area contributed by atoms with Crippen molar-refractivity contribution in [2.75, 3.05) is 18.2 Å². The zero-order chi connectivity index (χ0) is 24.5. The van der Waals surface area contributed by atoms with Crippen LogP contribution in [-0.2, 0) is 9.53 Å². The van der Waals surface area contributed by atoms with Crippen LogP contribution in [-0.4, -0.2) is 49.0 Å². The van der Waals surface area contributed by atoms with Gasteiger partial charge in [-0.15, -0.1) is 10.2 Å². The van der Waals surface area contributed by atoms with E-state index in [0.717, 1.165) is 22.3 Å². The van der Waals surface area contributed by atoms with Gasteiger partial charge in [-0.2, -0.15) is 5.10 Å². The van der Waals surface area contributed by atoms with Crippen LogP contribution in [0.25, 0.3) is 22.4 Å². The summed E-state index contributed by atoms with van der Waals surface area (Å²) in [4.78, 5) is 24.5. The molecule has 0 atom stereocenters. The molecule has 9 nitrogen and oxygen atoms in total. The van der Waals surface area contributed by atoms with E-state index in [2.05, 4.69) is 47.6 Å². The number of fused-ring (bicyclic) bond motifs is 3. The number of aryl methyl sites for hydroxylation is 2. The quantitative estimate of drug-likeness (QED) is 0.284. The van der Waals surface area contributed by atoms with Crippen molar-refractivity contribution in [2.24, 2.45) is 0 Å². The van der Waals surface area contributed by atoms with Gasteiger partial charge in [0.2, 0.25) is 5.91 Å². The summed E-state index contributed by atoms with van der Waals surface area (Å²) >= 11 is 1.25. The van der Waals surface area contributed by atoms with Gasteiger partial charge in [0.1, 0.15) is 5.52 Å². The van der Waals surface area contributed by atoms with Gasteiger partial charge in [0.25, 0.3) is 0 Å². The second kappa shape index (κ2) is 9.22. The minimum absolute atomic E-state index is 0.0917. The van der Waals surface area contributed by atoms with Crippen molar-refractivity contribution >= 4 is 40.5 Å². The highest BCUT2D eigenvalue weighted by atomic mass is 32.2. The molecule has 0 radical (unpaired) electrons. The molecule has 0 saturated heterocycles. The summed E-state index contributed by atoms with van der Waals surface area (Å²) in [6.07, 6.45) is 3.67. The molecule has 1 amide bonds. The highest BCUT2D eigenvalue weighted by Crippen LogP contribution is 2.27. The second-order valence-electron chi connectivity index (χ2n) is 8.03. The van der Waals surface area contributed by atoms with Gasteiger partial charge >= 0.3 is 5.97 Å². The normalized spacial score (nSPS) is 11.2. The second-order valence-corrected chi connectivity index (χ2v) is 8.97. The smallest absolute Gasteiger partial charge is 0.339 e. The van der Waals surface area contributed by atoms with Crippen LogP contribution in [0.3, 0.4) is 0 Å². The molecule has 35 heavy (non-hydrogen) atoms. The standard InChI is InChI=1S/C25H22N6O3S/c1-15-8-9-16(2)18(12-15)20-13-21-23-27-28-25(30(23)10-11-31(21)29-20)35-14-22(32)26-19-7-5-4-6-17(19)24(33)34-3/h4-13H,14H2,1-3H3,(H,26,32). The van der Waals surface area contributed by atoms with Gasteiger partial charge in [-0.1, -0.05) is 41.6 Å². The van der Waals surface area contributed by atoms with Gasteiger partial charge in [-0.25, -0.2) is 9.31 Å². The van der Waals surface area contributed by atoms with E-state index in [4.69, 9.17) is 9.84 Å². The highest BCUT2D eigenvalue weighted by Gasteiger charge is 2.17. The molecule has 0 fully saturated rings. The Morgan fingerprint density at radius 3 is 2.71 bits per heavy atom. The number of rotatable bonds is 6. The number of nitrogens with zero attached hydrogens (tertiary/aromatic N) is 5. The predicted octanol–water partition coefficient (Wildman–Crippen LogP) is 4.18. The number of esters is 1. The van der Waals surface area contributed by atoms with E-state index < -0.39 is 5.97 Å². The van der Waals surface area contributed by atoms with Crippen LogP contribution in [0.5, 0.6) is 0 Å². The molecule has 5 rings (SSSR count). The van der Waals surface area contributed by atoms with Crippen molar-refractivity contribution < 1.29 is 14.3 Å². The van der Waals surface area contributed by atoms with Gasteiger partial charge in [0.15, 0.2) is 10.8 Å². The SMILES string of the molecule is COC(=O)c1ccccc1NC(=O)CSc1nnc2c3cc(-c4cc(C)ccc4C)nn3ccn12. The van der Waals surface area contributed by atoms with Crippen LogP contribution in [0.2, 0.25) is 0 Å². The lowest BCUT2D eigenvalue weighted by Gasteiger charge is -2.09. The third-order valence-electron chi connectivity index (χ3n) is 5.59. The van der Waals surface area contributed by atoms with Crippen LogP contribution in [0.15, 0.2) is 66.1 Å². The molecule has 0 aliphatic carbocycles. The summed E-state index contributed by atoms with van der Waals surface area (Å²) < 4.78 is 8.40. The Hall–Kier alpha value is -4.18. The van der Waals surface area contributed by atoms with Gasteiger partial charge in [-0.3, -0.25) is 9.20 Å². The molecule has 1 N–H and O–H groups in total. The van der Waals surface area contributed by atoms with E-state index in [-0.39, 0.29) is 11.7 Å². The lowest BCUT2D eigenvalue weighted by atomic mass is 10.0. The number of thioether (sulfide) groups is 1. The van der Waals surface area contributed by atoms with Crippen molar-refractivity contribution in [3.05, 3.63) is 77.6 Å². The Bertz CT molecular complexity index is 1590. The number of para-hydroxylation sites is 1. The van der Waals surface area contributed by atoms with Crippen LogP contribution < -0.4 is 5.32 Å². The molecule has 0 saturated carbocycles. The Morgan fingerprint density at radius 2 is 1.89 bits per heavy atom. The molecule has 10 heteroatoms. The highest BCUT2D eigenvalue weighted by molar-refractivity contribution is 7.99. The van der Waals surface area contributed by atoms with Crippen LogP contribution >= 0.6 is 11.8 Å². The van der Waals surface area contributed by atoms with Crippen molar-refractivity contribution in [1.29, 1.82) is 0 Å². The maximum Gasteiger partial charge on any atom is 0.339 e. The maximum absolute atomic E-state index is 12.6. The minimum atomic E-state index is -0.512. The first-order chi connectivity index (χ1) is 16.9. The van der Waals surface area contributed by atoms with E-state index in [9.17, 15) is 9.59 Å². The first-order valence-corrected chi connectivity index (χ1v) is 11.8. The van der Waals surface area contributed by atoms with Gasteiger partial charge in [-0.05, 0) is 43.7 Å². The van der Waals surface area contributed by atoms with Crippen LogP contribution in [0, 0.1) is 13.8 Å². The molecule has 0 bridgehead atoms. The number of anilines is 1. The van der Waals surface area contributed by atoms with E-state index >= 15 is 0 Å². The lowest BCUT2D eigenvalue weighted by molar-refractivity contribution is -0.113. The van der Waals surface area contributed by atoms with Crippen LogP contribution in [0.1, 0.15) is 21.5 Å². The topological polar surface area (TPSA) is 103 Å². The molecular weight excluding hydrogens is 464 g/mol. The molecule has 0 aliphatic rings. The number of carbonyl (C=O) groups is 2. The number of benzene rings is 2. The van der Waals surface area contributed by atoms with Crippen LogP contribution in [0.4, 0.5) is 5.69 Å². The van der Waals surface area contributed by atoms with E-state index in [0.29, 0.717) is 22.1 Å². The summed E-state index contributed by atoms with van der Waals surface area (Å²) in [7, 11) is 1.30. The first kappa shape index (κ1) is 22.6. The van der Waals surface area contributed by atoms with Gasteiger partial charge in [0.05, 0.1) is 29.8 Å². The van der Waals surface area contributed by atoms with E-state index in [1.807, 2.05) is 22.9 Å². The summed E-state index contributed by atoms with van der Waals surface area (Å²) in [5, 5.41) is 16.7. The summed E-state index contributed by atoms with van der Waals surface area (Å²) in [6, 6.07) is 15.0. The number of hydrogen-bond donors (Lipinski definition) is 1. The number of nitrogens with one attached hydrogen (secondary N) is 1. The van der Waals surface area contributed by atoms with Crippen molar-refractivity contribution in [3.63, 3.8) is 0 Å². The predicted molar refractivity (Wildman–Crippen MR) is 134 cm³/mol. The summed E-state index contributed by atoms with van der Waals surface area (Å²) in [5.41, 5.74) is 6.41. The zero-order valence-corrected chi connectivity index (χ0v) is 20.2. The number of amides is 1. The maximum atomic E-state index is 12.6. The number of hydrogen-bond acceptors (Lipinski definition) is 7. The Balaban J connectivity index is 1.37. The molecule has 176 valence electrons. The average molecular weight is 487 g/mol. The fraction of sp³-hybridized carbons (Fsp3) is 0.160. The molecule has 2 aromatic carbocycles. The first-order valence-electron chi connectivity index (χ1n) is 10.9. The molecular formula is C25H22N6O3S. The molecule has 0 spiro atoms. The van der Waals surface area contributed by atoms with E-state index in [1.165, 1.54) is 24.4 Å². The third kappa shape index (κ3) is 4.35. The fourth-order valence-corrected chi connectivity index (χ4v) is 4.55. The monoisotopic (exact) mass is 486 g/mol. The average Bonchev–Trinajstić information content (AvgIpc) is 3.48. The third-order valence-corrected chi connectivity index (χ3v) is 6.54. The number of ether oxygens (including phenoxy) is 1. The van der Waals surface area contributed by atoms with Crippen molar-refractivity contribution in [2.45, 2.75) is 19.0 Å². The molecule has 3 heterocycles. The molecule has 0 unspecified atom stereocenters. The molecule has 0 aliphatic heterocycles. The van der Waals surface area contributed by atoms with Crippen molar-refractivity contribution in [3.8, 4) is 11.3 Å². The number of carbonyl (C=O) groups excluding carboxylic acids is 2. The minimum Gasteiger partial charge on any atom is -0.465 e. The fourth-order valence-electron chi connectivity index (χ4n) is 3.83. The summed E-state index contributed by atoms with van der Waals surface area (Å²) in [6.45, 7) is 4.12. The lowest BCUT2D eigenvalue weighted by Crippen LogP contribution is -2.17. The molecule has 5 aromatic rings. The number of aromatic nitrogens is 5. The van der Waals surface area contributed by atoms with Crippen molar-refractivity contribution in [1.82, 2.24) is 24.2 Å². The Labute approximate surface area is 205 Å². The van der Waals surface area contributed by atoms with Gasteiger partial charge in [0, 0.05) is 18.0 Å². The Kier molecular flexibility index (Phi) is 5.96. The Morgan fingerprint density at radius 1 is 1.06 bits per heavy atom. The van der Waals surface area contributed by atoms with E-state index in [1.54, 1.807) is 28.8 Å².